The third-order valence-electron chi connectivity index (χ3n) is 2.85. The summed E-state index contributed by atoms with van der Waals surface area (Å²) in [6.07, 6.45) is 0. The van der Waals surface area contributed by atoms with Gasteiger partial charge in [-0.1, -0.05) is 35.3 Å². The molecule has 112 valence electrons. The van der Waals surface area contributed by atoms with E-state index in [-0.39, 0.29) is 11.4 Å². The Morgan fingerprint density at radius 3 is 2.24 bits per heavy atom. The number of hydrogen-bond donors (Lipinski definition) is 0. The lowest BCUT2D eigenvalue weighted by Crippen LogP contribution is -2.26. The highest BCUT2D eigenvalue weighted by molar-refractivity contribution is 9.10. The van der Waals surface area contributed by atoms with Crippen molar-refractivity contribution in [3.8, 4) is 0 Å². The van der Waals surface area contributed by atoms with Gasteiger partial charge in [0.15, 0.2) is 0 Å². The lowest BCUT2D eigenvalue weighted by atomic mass is 10.2. The monoisotopic (exact) mass is 407 g/mol. The van der Waals surface area contributed by atoms with Crippen molar-refractivity contribution in [2.45, 2.75) is 11.4 Å². The van der Waals surface area contributed by atoms with Crippen LogP contribution in [-0.4, -0.2) is 19.8 Å². The summed E-state index contributed by atoms with van der Waals surface area (Å²) in [5.41, 5.74) is 0.727. The van der Waals surface area contributed by atoms with Gasteiger partial charge in [-0.15, -0.1) is 0 Å². The second-order valence-corrected chi connectivity index (χ2v) is 8.21. The van der Waals surface area contributed by atoms with Gasteiger partial charge in [0, 0.05) is 28.1 Å². The lowest BCUT2D eigenvalue weighted by Gasteiger charge is -2.18. The van der Waals surface area contributed by atoms with Gasteiger partial charge >= 0.3 is 0 Å². The minimum atomic E-state index is -3.59. The van der Waals surface area contributed by atoms with E-state index >= 15 is 0 Å². The number of nitrogens with zero attached hydrogens (tertiary/aromatic N) is 1. The Hall–Kier alpha value is -0.590. The smallest absolute Gasteiger partial charge is 0.207 e. The van der Waals surface area contributed by atoms with E-state index in [0.29, 0.717) is 14.5 Å². The SMILES string of the molecule is CN(Cc1cc(Cl)cc(Cl)c1)S(=O)(=O)c1ccccc1Br. The molecule has 0 bridgehead atoms. The van der Waals surface area contributed by atoms with Crippen molar-refractivity contribution in [3.05, 3.63) is 62.5 Å². The first-order valence-electron chi connectivity index (χ1n) is 5.96. The molecule has 21 heavy (non-hydrogen) atoms. The van der Waals surface area contributed by atoms with Gasteiger partial charge in [0.1, 0.15) is 0 Å². The molecule has 0 radical (unpaired) electrons. The molecule has 0 unspecified atom stereocenters. The fraction of sp³-hybridized carbons (Fsp3) is 0.143. The summed E-state index contributed by atoms with van der Waals surface area (Å²) in [4.78, 5) is 0.223. The first-order valence-corrected chi connectivity index (χ1v) is 8.95. The maximum Gasteiger partial charge on any atom is 0.244 e. The second kappa shape index (κ2) is 6.67. The molecular formula is C14H12BrCl2NO2S. The van der Waals surface area contributed by atoms with E-state index in [0.717, 1.165) is 5.56 Å². The Morgan fingerprint density at radius 2 is 1.67 bits per heavy atom. The van der Waals surface area contributed by atoms with Crippen LogP contribution in [0.1, 0.15) is 5.56 Å². The van der Waals surface area contributed by atoms with E-state index in [2.05, 4.69) is 15.9 Å². The minimum Gasteiger partial charge on any atom is -0.207 e. The van der Waals surface area contributed by atoms with Gasteiger partial charge in [0.2, 0.25) is 10.0 Å². The van der Waals surface area contributed by atoms with Crippen molar-refractivity contribution in [2.24, 2.45) is 0 Å². The van der Waals surface area contributed by atoms with Crippen LogP contribution in [0.2, 0.25) is 10.0 Å². The molecule has 0 amide bonds. The minimum absolute atomic E-state index is 0.184. The molecule has 3 nitrogen and oxygen atoms in total. The molecule has 0 fully saturated rings. The van der Waals surface area contributed by atoms with Crippen LogP contribution < -0.4 is 0 Å². The van der Waals surface area contributed by atoms with Crippen LogP contribution in [0.4, 0.5) is 0 Å². The van der Waals surface area contributed by atoms with Gasteiger partial charge in [-0.05, 0) is 51.8 Å². The van der Waals surface area contributed by atoms with Crippen molar-refractivity contribution >= 4 is 49.2 Å². The van der Waals surface area contributed by atoms with Gasteiger partial charge in [-0.2, -0.15) is 4.31 Å². The van der Waals surface area contributed by atoms with Crippen molar-refractivity contribution in [2.75, 3.05) is 7.05 Å². The largest absolute Gasteiger partial charge is 0.244 e. The van der Waals surface area contributed by atoms with E-state index in [1.165, 1.54) is 11.4 Å². The summed E-state index contributed by atoms with van der Waals surface area (Å²) in [5, 5.41) is 0.952. The summed E-state index contributed by atoms with van der Waals surface area (Å²) in [6, 6.07) is 11.7. The molecule has 0 aromatic heterocycles. The maximum absolute atomic E-state index is 12.6. The second-order valence-electron chi connectivity index (χ2n) is 4.47. The van der Waals surface area contributed by atoms with Crippen LogP contribution in [0, 0.1) is 0 Å². The molecule has 0 spiro atoms. The average Bonchev–Trinajstić information content (AvgIpc) is 2.37. The van der Waals surface area contributed by atoms with Crippen LogP contribution in [-0.2, 0) is 16.6 Å². The number of sulfonamides is 1. The van der Waals surface area contributed by atoms with Gasteiger partial charge in [-0.3, -0.25) is 0 Å². The Morgan fingerprint density at radius 1 is 1.10 bits per heavy atom. The first kappa shape index (κ1) is 16.8. The molecule has 7 heteroatoms. The Labute approximate surface area is 142 Å². The van der Waals surface area contributed by atoms with Crippen LogP contribution >= 0.6 is 39.1 Å². The summed E-state index contributed by atoms with van der Waals surface area (Å²) in [7, 11) is -2.08. The zero-order chi connectivity index (χ0) is 15.6. The molecule has 0 aliphatic heterocycles. The van der Waals surface area contributed by atoms with Crippen LogP contribution in [0.15, 0.2) is 51.8 Å². The van der Waals surface area contributed by atoms with E-state index in [1.807, 2.05) is 0 Å². The van der Waals surface area contributed by atoms with E-state index < -0.39 is 10.0 Å². The number of hydrogen-bond acceptors (Lipinski definition) is 2. The summed E-state index contributed by atoms with van der Waals surface area (Å²) in [5.74, 6) is 0. The first-order chi connectivity index (χ1) is 9.80. The lowest BCUT2D eigenvalue weighted by molar-refractivity contribution is 0.466. The highest BCUT2D eigenvalue weighted by Gasteiger charge is 2.23. The molecule has 0 aliphatic carbocycles. The Kier molecular flexibility index (Phi) is 5.33. The third-order valence-corrected chi connectivity index (χ3v) is 6.10. The molecule has 0 heterocycles. The van der Waals surface area contributed by atoms with Crippen LogP contribution in [0.25, 0.3) is 0 Å². The van der Waals surface area contributed by atoms with E-state index in [9.17, 15) is 8.42 Å². The van der Waals surface area contributed by atoms with Gasteiger partial charge in [-0.25, -0.2) is 8.42 Å². The van der Waals surface area contributed by atoms with Crippen molar-refractivity contribution in [1.82, 2.24) is 4.31 Å². The molecular weight excluding hydrogens is 397 g/mol. The van der Waals surface area contributed by atoms with Gasteiger partial charge < -0.3 is 0 Å². The van der Waals surface area contributed by atoms with E-state index in [1.54, 1.807) is 42.5 Å². The van der Waals surface area contributed by atoms with Crippen LogP contribution in [0.3, 0.4) is 0 Å². The summed E-state index contributed by atoms with van der Waals surface area (Å²) < 4.78 is 26.9. The average molecular weight is 409 g/mol. The molecule has 0 N–H and O–H groups in total. The number of rotatable bonds is 4. The van der Waals surface area contributed by atoms with E-state index in [4.69, 9.17) is 23.2 Å². The fourth-order valence-electron chi connectivity index (χ4n) is 1.87. The molecule has 0 atom stereocenters. The highest BCUT2D eigenvalue weighted by atomic mass is 79.9. The van der Waals surface area contributed by atoms with Crippen LogP contribution in [0.5, 0.6) is 0 Å². The molecule has 2 rings (SSSR count). The Bertz CT molecular complexity index is 745. The predicted molar refractivity (Wildman–Crippen MR) is 89.3 cm³/mol. The van der Waals surface area contributed by atoms with Crippen molar-refractivity contribution < 1.29 is 8.42 Å². The zero-order valence-electron chi connectivity index (χ0n) is 11.1. The normalized spacial score (nSPS) is 11.9. The maximum atomic E-state index is 12.6. The number of benzene rings is 2. The number of halogens is 3. The molecule has 2 aromatic carbocycles. The van der Waals surface area contributed by atoms with Crippen molar-refractivity contribution in [3.63, 3.8) is 0 Å². The van der Waals surface area contributed by atoms with Gasteiger partial charge in [0.05, 0.1) is 4.90 Å². The Balaban J connectivity index is 2.31. The molecule has 0 aliphatic rings. The van der Waals surface area contributed by atoms with Crippen molar-refractivity contribution in [1.29, 1.82) is 0 Å². The fourth-order valence-corrected chi connectivity index (χ4v) is 4.56. The quantitative estimate of drug-likeness (QED) is 0.742. The zero-order valence-corrected chi connectivity index (χ0v) is 15.0. The highest BCUT2D eigenvalue weighted by Crippen LogP contribution is 2.26. The molecule has 0 saturated heterocycles. The van der Waals surface area contributed by atoms with Gasteiger partial charge in [0.25, 0.3) is 0 Å². The molecule has 0 saturated carbocycles. The molecule has 2 aromatic rings. The predicted octanol–water partition coefficient (Wildman–Crippen LogP) is 4.58. The third kappa shape index (κ3) is 3.99. The standard InChI is InChI=1S/C14H12BrCl2NO2S/c1-18(9-10-6-11(16)8-12(17)7-10)21(19,20)14-5-3-2-4-13(14)15/h2-8H,9H2,1H3. The summed E-state index contributed by atoms with van der Waals surface area (Å²) in [6.45, 7) is 0.184. The topological polar surface area (TPSA) is 37.4 Å². The summed E-state index contributed by atoms with van der Waals surface area (Å²) >= 11 is 15.1.